The van der Waals surface area contributed by atoms with Gasteiger partial charge in [0, 0.05) is 30.7 Å². The normalized spacial score (nSPS) is 12.5. The number of nitrogens with zero attached hydrogens (tertiary/aromatic N) is 1. The third kappa shape index (κ3) is 6.43. The highest BCUT2D eigenvalue weighted by molar-refractivity contribution is 5.97. The molecule has 1 unspecified atom stereocenters. The van der Waals surface area contributed by atoms with Crippen LogP contribution in [0, 0.1) is 10.1 Å². The van der Waals surface area contributed by atoms with Crippen molar-refractivity contribution in [2.45, 2.75) is 38.8 Å². The molecule has 0 heterocycles. The molecule has 8 heteroatoms. The third-order valence-corrected chi connectivity index (χ3v) is 2.86. The molecule has 23 heavy (non-hydrogen) atoms. The Morgan fingerprint density at radius 2 is 2.04 bits per heavy atom. The van der Waals surface area contributed by atoms with Crippen molar-refractivity contribution in [3.8, 4) is 0 Å². The molecule has 0 aliphatic rings. The maximum atomic E-state index is 12.1. The minimum Gasteiger partial charge on any atom is -0.480 e. The number of nitro groups is 1. The standard InChI is InChI=1S/C15H20N2O6/c1-15(2,3)23-8-7-12(14(19)20)16-13(18)10-5-4-6-11(9-10)17(21)22/h4-6,9,12H,7-8H2,1-3H3,(H,16,18)(H,19,20). The summed E-state index contributed by atoms with van der Waals surface area (Å²) in [6.07, 6.45) is 0.0905. The Kier molecular flexibility index (Phi) is 6.20. The van der Waals surface area contributed by atoms with Crippen LogP contribution in [0.4, 0.5) is 5.69 Å². The molecule has 1 amide bonds. The van der Waals surface area contributed by atoms with Gasteiger partial charge in [0.05, 0.1) is 10.5 Å². The van der Waals surface area contributed by atoms with Gasteiger partial charge >= 0.3 is 5.97 Å². The van der Waals surface area contributed by atoms with Crippen molar-refractivity contribution < 1.29 is 24.4 Å². The van der Waals surface area contributed by atoms with Crippen LogP contribution >= 0.6 is 0 Å². The lowest BCUT2D eigenvalue weighted by Gasteiger charge is -2.21. The molecule has 0 aliphatic carbocycles. The van der Waals surface area contributed by atoms with Gasteiger partial charge in [0.2, 0.25) is 0 Å². The molecule has 0 radical (unpaired) electrons. The Balaban J connectivity index is 2.72. The van der Waals surface area contributed by atoms with Gasteiger partial charge in [0.1, 0.15) is 6.04 Å². The van der Waals surface area contributed by atoms with Crippen LogP contribution in [0.25, 0.3) is 0 Å². The van der Waals surface area contributed by atoms with E-state index in [1.165, 1.54) is 18.2 Å². The molecule has 0 fully saturated rings. The highest BCUT2D eigenvalue weighted by atomic mass is 16.6. The molecule has 0 saturated heterocycles. The Hall–Kier alpha value is -2.48. The number of carboxylic acid groups (broad SMARTS) is 1. The molecule has 0 bridgehead atoms. The van der Waals surface area contributed by atoms with Crippen molar-refractivity contribution in [3.63, 3.8) is 0 Å². The number of carbonyl (C=O) groups is 2. The first-order chi connectivity index (χ1) is 10.6. The predicted molar refractivity (Wildman–Crippen MR) is 82.3 cm³/mol. The minimum atomic E-state index is -1.19. The van der Waals surface area contributed by atoms with Crippen molar-refractivity contribution in [3.05, 3.63) is 39.9 Å². The average molecular weight is 324 g/mol. The Bertz CT molecular complexity index is 594. The molecule has 1 aromatic carbocycles. The molecule has 1 atom stereocenters. The van der Waals surface area contributed by atoms with Crippen molar-refractivity contribution in [2.75, 3.05) is 6.61 Å². The monoisotopic (exact) mass is 324 g/mol. The van der Waals surface area contributed by atoms with E-state index in [1.807, 2.05) is 20.8 Å². The number of nitro benzene ring substituents is 1. The molecule has 126 valence electrons. The number of amides is 1. The van der Waals surface area contributed by atoms with E-state index in [0.29, 0.717) is 0 Å². The molecule has 8 nitrogen and oxygen atoms in total. The van der Waals surface area contributed by atoms with E-state index in [-0.39, 0.29) is 24.3 Å². The van der Waals surface area contributed by atoms with Crippen LogP contribution in [0.15, 0.2) is 24.3 Å². The highest BCUT2D eigenvalue weighted by Crippen LogP contribution is 2.13. The van der Waals surface area contributed by atoms with E-state index >= 15 is 0 Å². The molecule has 0 spiro atoms. The van der Waals surface area contributed by atoms with Gasteiger partial charge in [-0.2, -0.15) is 0 Å². The number of hydrogen-bond donors (Lipinski definition) is 2. The summed E-state index contributed by atoms with van der Waals surface area (Å²) in [5, 5.41) is 22.2. The summed E-state index contributed by atoms with van der Waals surface area (Å²) in [5.41, 5.74) is -0.615. The van der Waals surface area contributed by atoms with Crippen LogP contribution in [0.1, 0.15) is 37.6 Å². The Labute approximate surface area is 133 Å². The second kappa shape index (κ2) is 7.68. The van der Waals surface area contributed by atoms with Gasteiger partial charge in [-0.3, -0.25) is 14.9 Å². The fraction of sp³-hybridized carbons (Fsp3) is 0.467. The van der Waals surface area contributed by atoms with Crippen LogP contribution in [-0.2, 0) is 9.53 Å². The van der Waals surface area contributed by atoms with Gasteiger partial charge in [-0.15, -0.1) is 0 Å². The van der Waals surface area contributed by atoms with Gasteiger partial charge in [0.15, 0.2) is 0 Å². The first kappa shape index (κ1) is 18.6. The number of hydrogen-bond acceptors (Lipinski definition) is 5. The Morgan fingerprint density at radius 3 is 2.57 bits per heavy atom. The fourth-order valence-electron chi connectivity index (χ4n) is 1.74. The van der Waals surface area contributed by atoms with E-state index in [0.717, 1.165) is 6.07 Å². The van der Waals surface area contributed by atoms with Crippen LogP contribution < -0.4 is 5.32 Å². The molecule has 1 rings (SSSR count). The summed E-state index contributed by atoms with van der Waals surface area (Å²) in [6.45, 7) is 5.68. The number of rotatable bonds is 7. The second-order valence-electron chi connectivity index (χ2n) is 5.92. The number of benzene rings is 1. The maximum absolute atomic E-state index is 12.1. The van der Waals surface area contributed by atoms with E-state index < -0.39 is 28.4 Å². The molecular weight excluding hydrogens is 304 g/mol. The van der Waals surface area contributed by atoms with Crippen LogP contribution in [0.5, 0.6) is 0 Å². The highest BCUT2D eigenvalue weighted by Gasteiger charge is 2.22. The minimum absolute atomic E-state index is 0.0298. The van der Waals surface area contributed by atoms with Gasteiger partial charge in [-0.25, -0.2) is 4.79 Å². The van der Waals surface area contributed by atoms with E-state index in [1.54, 1.807) is 0 Å². The lowest BCUT2D eigenvalue weighted by molar-refractivity contribution is -0.384. The number of carbonyl (C=O) groups excluding carboxylic acids is 1. The molecule has 0 aromatic heterocycles. The number of nitrogens with one attached hydrogen (secondary N) is 1. The second-order valence-corrected chi connectivity index (χ2v) is 5.92. The predicted octanol–water partition coefficient (Wildman–Crippen LogP) is 1.98. The van der Waals surface area contributed by atoms with E-state index in [2.05, 4.69) is 5.32 Å². The number of ether oxygens (including phenoxy) is 1. The van der Waals surface area contributed by atoms with Gasteiger partial charge in [0.25, 0.3) is 11.6 Å². The molecule has 1 aromatic rings. The lowest BCUT2D eigenvalue weighted by Crippen LogP contribution is -2.42. The summed E-state index contributed by atoms with van der Waals surface area (Å²) in [7, 11) is 0. The summed E-state index contributed by atoms with van der Waals surface area (Å²) in [5.74, 6) is -1.88. The van der Waals surface area contributed by atoms with Crippen LogP contribution in [0.2, 0.25) is 0 Å². The largest absolute Gasteiger partial charge is 0.480 e. The zero-order valence-corrected chi connectivity index (χ0v) is 13.2. The van der Waals surface area contributed by atoms with Gasteiger partial charge < -0.3 is 15.2 Å². The molecule has 0 saturated carbocycles. The van der Waals surface area contributed by atoms with Crippen molar-refractivity contribution in [1.29, 1.82) is 0 Å². The number of aliphatic carboxylic acids is 1. The zero-order chi connectivity index (χ0) is 17.6. The lowest BCUT2D eigenvalue weighted by atomic mass is 10.1. The average Bonchev–Trinajstić information content (AvgIpc) is 2.44. The van der Waals surface area contributed by atoms with E-state index in [4.69, 9.17) is 9.84 Å². The summed E-state index contributed by atoms with van der Waals surface area (Å²) >= 11 is 0. The first-order valence-corrected chi connectivity index (χ1v) is 7.02. The summed E-state index contributed by atoms with van der Waals surface area (Å²) in [4.78, 5) is 33.4. The fourth-order valence-corrected chi connectivity index (χ4v) is 1.74. The quantitative estimate of drug-likeness (QED) is 0.584. The van der Waals surface area contributed by atoms with E-state index in [9.17, 15) is 19.7 Å². The zero-order valence-electron chi connectivity index (χ0n) is 13.2. The first-order valence-electron chi connectivity index (χ1n) is 7.02. The SMILES string of the molecule is CC(C)(C)OCCC(NC(=O)c1cccc([N+](=O)[O-])c1)C(=O)O. The van der Waals surface area contributed by atoms with Gasteiger partial charge in [-0.05, 0) is 26.8 Å². The summed E-state index contributed by atoms with van der Waals surface area (Å²) < 4.78 is 5.44. The molecule has 2 N–H and O–H groups in total. The number of carboxylic acids is 1. The molecule has 0 aliphatic heterocycles. The van der Waals surface area contributed by atoms with Crippen LogP contribution in [-0.4, -0.2) is 40.2 Å². The van der Waals surface area contributed by atoms with Crippen molar-refractivity contribution in [1.82, 2.24) is 5.32 Å². The smallest absolute Gasteiger partial charge is 0.326 e. The van der Waals surface area contributed by atoms with Crippen LogP contribution in [0.3, 0.4) is 0 Å². The van der Waals surface area contributed by atoms with Crippen molar-refractivity contribution >= 4 is 17.6 Å². The topological polar surface area (TPSA) is 119 Å². The molecular formula is C15H20N2O6. The number of non-ortho nitro benzene ring substituents is 1. The Morgan fingerprint density at radius 1 is 1.39 bits per heavy atom. The van der Waals surface area contributed by atoms with Gasteiger partial charge in [-0.1, -0.05) is 6.07 Å². The summed E-state index contributed by atoms with van der Waals surface area (Å²) in [6, 6.07) is 3.96. The maximum Gasteiger partial charge on any atom is 0.326 e. The van der Waals surface area contributed by atoms with Crippen molar-refractivity contribution in [2.24, 2.45) is 0 Å². The third-order valence-electron chi connectivity index (χ3n) is 2.86.